The Bertz CT molecular complexity index is 1300. The number of carbonyl (C=O) groups is 1. The predicted octanol–water partition coefficient (Wildman–Crippen LogP) is 4.26. The molecule has 172 valence electrons. The van der Waals surface area contributed by atoms with Gasteiger partial charge >= 0.3 is 0 Å². The van der Waals surface area contributed by atoms with Gasteiger partial charge in [0.25, 0.3) is 15.9 Å². The number of anilines is 1. The van der Waals surface area contributed by atoms with Gasteiger partial charge in [-0.2, -0.15) is 5.10 Å². The SMILES string of the molecule is C=CCN(c1ccccc1Cl)S(=O)(=O)c1cccc(C(=O)NC2CCCc3c2cnn3C)c1. The van der Waals surface area contributed by atoms with E-state index < -0.39 is 10.0 Å². The fraction of sp³-hybridized carbons (Fsp3) is 0.250. The predicted molar refractivity (Wildman–Crippen MR) is 129 cm³/mol. The Labute approximate surface area is 198 Å². The van der Waals surface area contributed by atoms with Gasteiger partial charge in [0.2, 0.25) is 0 Å². The Morgan fingerprint density at radius 1 is 1.30 bits per heavy atom. The van der Waals surface area contributed by atoms with Crippen molar-refractivity contribution < 1.29 is 13.2 Å². The van der Waals surface area contributed by atoms with E-state index in [9.17, 15) is 13.2 Å². The van der Waals surface area contributed by atoms with Crippen molar-refractivity contribution in [1.82, 2.24) is 15.1 Å². The first kappa shape index (κ1) is 23.1. The van der Waals surface area contributed by atoms with Gasteiger partial charge in [-0.1, -0.05) is 35.9 Å². The lowest BCUT2D eigenvalue weighted by Crippen LogP contribution is -2.32. The monoisotopic (exact) mass is 484 g/mol. The highest BCUT2D eigenvalue weighted by atomic mass is 35.5. The molecular formula is C24H25ClN4O3S. The van der Waals surface area contributed by atoms with Gasteiger partial charge in [-0.25, -0.2) is 8.42 Å². The summed E-state index contributed by atoms with van der Waals surface area (Å²) in [6.45, 7) is 3.71. The van der Waals surface area contributed by atoms with Crippen molar-refractivity contribution in [3.63, 3.8) is 0 Å². The molecule has 4 rings (SSSR count). The summed E-state index contributed by atoms with van der Waals surface area (Å²) in [6.07, 6.45) is 5.96. The number of nitrogens with one attached hydrogen (secondary N) is 1. The summed E-state index contributed by atoms with van der Waals surface area (Å²) in [5.41, 5.74) is 2.74. The molecule has 0 saturated carbocycles. The molecule has 0 spiro atoms. The van der Waals surface area contributed by atoms with Crippen LogP contribution in [0.1, 0.15) is 40.5 Å². The third-order valence-electron chi connectivity index (χ3n) is 5.78. The number of aromatic nitrogens is 2. The minimum atomic E-state index is -3.99. The summed E-state index contributed by atoms with van der Waals surface area (Å²) in [6, 6.07) is 12.6. The molecule has 1 aliphatic rings. The van der Waals surface area contributed by atoms with Crippen LogP contribution in [-0.2, 0) is 23.5 Å². The lowest BCUT2D eigenvalue weighted by molar-refractivity contribution is 0.0932. The standard InChI is InChI=1S/C24H25ClN4O3S/c1-3-14-29(23-12-5-4-10-20(23)25)33(31,32)18-9-6-8-17(15-18)24(30)27-21-11-7-13-22-19(21)16-26-28(22)2/h3-6,8-10,12,15-16,21H,1,7,11,13-14H2,2H3,(H,27,30). The Hall–Kier alpha value is -3.10. The fourth-order valence-corrected chi connectivity index (χ4v) is 5.91. The molecule has 0 radical (unpaired) electrons. The van der Waals surface area contributed by atoms with Crippen LogP contribution in [0.15, 0.2) is 72.3 Å². The van der Waals surface area contributed by atoms with Gasteiger partial charge in [-0.15, -0.1) is 6.58 Å². The highest BCUT2D eigenvalue weighted by Gasteiger charge is 2.28. The normalized spacial score (nSPS) is 15.5. The number of benzene rings is 2. The van der Waals surface area contributed by atoms with Crippen LogP contribution in [-0.4, -0.2) is 30.7 Å². The molecular weight excluding hydrogens is 460 g/mol. The zero-order chi connectivity index (χ0) is 23.6. The number of nitrogens with zero attached hydrogens (tertiary/aromatic N) is 3. The van der Waals surface area contributed by atoms with E-state index in [1.54, 1.807) is 42.6 Å². The number of hydrogen-bond acceptors (Lipinski definition) is 4. The Balaban J connectivity index is 1.62. The maximum atomic E-state index is 13.5. The van der Waals surface area contributed by atoms with E-state index in [1.165, 1.54) is 22.5 Å². The van der Waals surface area contributed by atoms with Crippen molar-refractivity contribution >= 4 is 33.2 Å². The van der Waals surface area contributed by atoms with Crippen LogP contribution in [0, 0.1) is 0 Å². The minimum absolute atomic E-state index is 0.00244. The van der Waals surface area contributed by atoms with E-state index in [-0.39, 0.29) is 29.0 Å². The zero-order valence-corrected chi connectivity index (χ0v) is 19.8. The van der Waals surface area contributed by atoms with Gasteiger partial charge in [0, 0.05) is 23.9 Å². The third kappa shape index (κ3) is 4.54. The third-order valence-corrected chi connectivity index (χ3v) is 7.88. The summed E-state index contributed by atoms with van der Waals surface area (Å²) in [5.74, 6) is -0.332. The summed E-state index contributed by atoms with van der Waals surface area (Å²) in [4.78, 5) is 13.0. The van der Waals surface area contributed by atoms with Crippen LogP contribution in [0.5, 0.6) is 0 Å². The van der Waals surface area contributed by atoms with Gasteiger partial charge in [-0.05, 0) is 49.6 Å². The molecule has 0 bridgehead atoms. The molecule has 1 heterocycles. The minimum Gasteiger partial charge on any atom is -0.345 e. The summed E-state index contributed by atoms with van der Waals surface area (Å²) in [7, 11) is -2.09. The summed E-state index contributed by atoms with van der Waals surface area (Å²) in [5, 5.41) is 7.66. The Morgan fingerprint density at radius 3 is 2.85 bits per heavy atom. The molecule has 7 nitrogen and oxygen atoms in total. The largest absolute Gasteiger partial charge is 0.345 e. The quantitative estimate of drug-likeness (QED) is 0.508. The molecule has 1 atom stereocenters. The average Bonchev–Trinajstić information content (AvgIpc) is 3.20. The van der Waals surface area contributed by atoms with Crippen LogP contribution in [0.4, 0.5) is 5.69 Å². The van der Waals surface area contributed by atoms with E-state index in [1.807, 2.05) is 11.7 Å². The van der Waals surface area contributed by atoms with Crippen molar-refractivity contribution in [2.24, 2.45) is 7.05 Å². The number of amides is 1. The molecule has 3 aromatic rings. The number of hydrogen-bond donors (Lipinski definition) is 1. The second-order valence-electron chi connectivity index (χ2n) is 7.89. The van der Waals surface area contributed by atoms with Crippen LogP contribution in [0.25, 0.3) is 0 Å². The number of rotatable bonds is 7. The van der Waals surface area contributed by atoms with Crippen molar-refractivity contribution in [3.05, 3.63) is 89.2 Å². The maximum absolute atomic E-state index is 13.5. The van der Waals surface area contributed by atoms with Crippen molar-refractivity contribution in [2.75, 3.05) is 10.8 Å². The van der Waals surface area contributed by atoms with Crippen LogP contribution in [0.2, 0.25) is 5.02 Å². The van der Waals surface area contributed by atoms with E-state index in [0.29, 0.717) is 10.7 Å². The number of carbonyl (C=O) groups excluding carboxylic acids is 1. The van der Waals surface area contributed by atoms with Crippen LogP contribution < -0.4 is 9.62 Å². The topological polar surface area (TPSA) is 84.3 Å². The molecule has 1 aliphatic carbocycles. The average molecular weight is 485 g/mol. The number of aryl methyl sites for hydroxylation is 1. The first-order valence-corrected chi connectivity index (χ1v) is 12.4. The van der Waals surface area contributed by atoms with E-state index in [4.69, 9.17) is 11.6 Å². The lowest BCUT2D eigenvalue weighted by atomic mass is 9.93. The number of fused-ring (bicyclic) bond motifs is 1. The van der Waals surface area contributed by atoms with Gasteiger partial charge in [0.1, 0.15) is 0 Å². The van der Waals surface area contributed by atoms with E-state index in [2.05, 4.69) is 17.0 Å². The summed E-state index contributed by atoms with van der Waals surface area (Å²) >= 11 is 6.27. The molecule has 1 N–H and O–H groups in total. The first-order chi connectivity index (χ1) is 15.8. The molecule has 0 aliphatic heterocycles. The van der Waals surface area contributed by atoms with Gasteiger partial charge in [-0.3, -0.25) is 13.8 Å². The molecule has 0 saturated heterocycles. The van der Waals surface area contributed by atoms with Gasteiger partial charge < -0.3 is 5.32 Å². The molecule has 9 heteroatoms. The second kappa shape index (κ2) is 9.41. The first-order valence-electron chi connectivity index (χ1n) is 10.6. The number of para-hydroxylation sites is 1. The van der Waals surface area contributed by atoms with Crippen LogP contribution in [0.3, 0.4) is 0 Å². The van der Waals surface area contributed by atoms with Crippen LogP contribution >= 0.6 is 11.6 Å². The molecule has 1 amide bonds. The second-order valence-corrected chi connectivity index (χ2v) is 10.2. The molecule has 0 fully saturated rings. The van der Waals surface area contributed by atoms with Crippen molar-refractivity contribution in [1.29, 1.82) is 0 Å². The number of halogens is 1. The fourth-order valence-electron chi connectivity index (χ4n) is 4.12. The van der Waals surface area contributed by atoms with E-state index >= 15 is 0 Å². The van der Waals surface area contributed by atoms with E-state index in [0.717, 1.165) is 30.5 Å². The van der Waals surface area contributed by atoms with Crippen molar-refractivity contribution in [2.45, 2.75) is 30.2 Å². The Kier molecular flexibility index (Phi) is 6.58. The molecule has 1 aromatic heterocycles. The molecule has 1 unspecified atom stereocenters. The van der Waals surface area contributed by atoms with Crippen molar-refractivity contribution in [3.8, 4) is 0 Å². The zero-order valence-electron chi connectivity index (χ0n) is 18.2. The highest BCUT2D eigenvalue weighted by Crippen LogP contribution is 2.31. The summed E-state index contributed by atoms with van der Waals surface area (Å²) < 4.78 is 30.0. The highest BCUT2D eigenvalue weighted by molar-refractivity contribution is 7.92. The van der Waals surface area contributed by atoms with Gasteiger partial charge in [0.15, 0.2) is 0 Å². The van der Waals surface area contributed by atoms with Gasteiger partial charge in [0.05, 0.1) is 34.4 Å². The number of sulfonamides is 1. The Morgan fingerprint density at radius 2 is 2.09 bits per heavy atom. The smallest absolute Gasteiger partial charge is 0.264 e. The molecule has 2 aromatic carbocycles. The molecule has 33 heavy (non-hydrogen) atoms. The lowest BCUT2D eigenvalue weighted by Gasteiger charge is -2.25. The maximum Gasteiger partial charge on any atom is 0.264 e.